The zero-order valence-electron chi connectivity index (χ0n) is 7.74. The van der Waals surface area contributed by atoms with Crippen LogP contribution < -0.4 is 5.06 Å². The van der Waals surface area contributed by atoms with Gasteiger partial charge in [-0.2, -0.15) is 0 Å². The van der Waals surface area contributed by atoms with Crippen LogP contribution in [-0.4, -0.2) is 26.2 Å². The van der Waals surface area contributed by atoms with E-state index >= 15 is 0 Å². The topological polar surface area (TPSA) is 63.0 Å². The van der Waals surface area contributed by atoms with Gasteiger partial charge >= 0.3 is 5.97 Å². The number of hydrogen-bond acceptors (Lipinski definition) is 4. The molecule has 14 heavy (non-hydrogen) atoms. The van der Waals surface area contributed by atoms with Gasteiger partial charge in [0.2, 0.25) is 11.2 Å². The summed E-state index contributed by atoms with van der Waals surface area (Å²) in [6.45, 7) is 0. The van der Waals surface area contributed by atoms with E-state index in [2.05, 4.69) is 4.74 Å². The number of carbonyl (C=O) groups excluding carboxylic acids is 1. The lowest BCUT2D eigenvalue weighted by molar-refractivity contribution is -0.814. The van der Waals surface area contributed by atoms with Gasteiger partial charge in [-0.15, -0.1) is 0 Å². The first-order chi connectivity index (χ1) is 6.61. The molecule has 0 bridgehead atoms. The molecule has 2 unspecified atom stereocenters. The second-order valence-corrected chi connectivity index (χ2v) is 3.02. The molecule has 1 rings (SSSR count). The van der Waals surface area contributed by atoms with E-state index in [9.17, 15) is 10.0 Å². The number of allylic oxidation sites excluding steroid dienone is 2. The predicted octanol–water partition coefficient (Wildman–Crippen LogP) is -0.465. The van der Waals surface area contributed by atoms with Crippen LogP contribution >= 0.6 is 11.6 Å². The van der Waals surface area contributed by atoms with Crippen LogP contribution in [0.15, 0.2) is 23.1 Å². The molecule has 1 aliphatic rings. The normalized spacial score (nSPS) is 26.3. The molecule has 0 saturated carbocycles. The minimum absolute atomic E-state index is 0.00111. The van der Waals surface area contributed by atoms with E-state index in [1.54, 1.807) is 0 Å². The van der Waals surface area contributed by atoms with E-state index in [0.29, 0.717) is 0 Å². The maximum absolute atomic E-state index is 11.5. The third-order valence-corrected chi connectivity index (χ3v) is 2.16. The van der Waals surface area contributed by atoms with Gasteiger partial charge in [-0.1, -0.05) is 0 Å². The Balaban J connectivity index is 2.97. The molecule has 1 aliphatic heterocycles. The number of nitrogens with one attached hydrogen (secondary N) is 1. The molecule has 0 amide bonds. The third kappa shape index (κ3) is 1.89. The van der Waals surface area contributed by atoms with Gasteiger partial charge in [-0.3, -0.25) is 0 Å². The number of quaternary nitrogens is 1. The van der Waals surface area contributed by atoms with Crippen LogP contribution in [0.5, 0.6) is 0 Å². The van der Waals surface area contributed by atoms with E-state index in [-0.39, 0.29) is 10.9 Å². The number of esters is 1. The predicted molar refractivity (Wildman–Crippen MR) is 49.2 cm³/mol. The Labute approximate surface area is 86.1 Å². The van der Waals surface area contributed by atoms with Gasteiger partial charge in [-0.25, -0.2) is 4.79 Å². The lowest BCUT2D eigenvalue weighted by Crippen LogP contribution is -3.10. The van der Waals surface area contributed by atoms with E-state index in [4.69, 9.17) is 16.3 Å². The fraction of sp³-hybridized carbons (Fsp3) is 0.375. The fourth-order valence-electron chi connectivity index (χ4n) is 1.13. The van der Waals surface area contributed by atoms with Crippen molar-refractivity contribution in [2.24, 2.45) is 0 Å². The number of rotatable bonds is 2. The van der Waals surface area contributed by atoms with Crippen molar-refractivity contribution in [2.75, 3.05) is 14.2 Å². The summed E-state index contributed by atoms with van der Waals surface area (Å²) >= 11 is 5.59. The average Bonchev–Trinajstić information content (AvgIpc) is 2.20. The molecular weight excluding hydrogens is 210 g/mol. The molecule has 6 heteroatoms. The van der Waals surface area contributed by atoms with Gasteiger partial charge in [0.05, 0.1) is 14.2 Å². The summed E-state index contributed by atoms with van der Waals surface area (Å²) in [4.78, 5) is 11.2. The quantitative estimate of drug-likeness (QED) is 0.388. The second-order valence-electron chi connectivity index (χ2n) is 2.61. The molecule has 2 atom stereocenters. The first-order valence-electron chi connectivity index (χ1n) is 3.85. The highest BCUT2D eigenvalue weighted by Gasteiger charge is 2.35. The number of hydrogen-bond donors (Lipinski definition) is 1. The zero-order valence-corrected chi connectivity index (χ0v) is 8.50. The van der Waals surface area contributed by atoms with Gasteiger partial charge in [0.1, 0.15) is 0 Å². The summed E-state index contributed by atoms with van der Waals surface area (Å²) in [5.74, 6) is -0.430. The van der Waals surface area contributed by atoms with E-state index < -0.39 is 17.1 Å². The summed E-state index contributed by atoms with van der Waals surface area (Å²) in [6, 6.07) is -1.07. The molecule has 1 heterocycles. The van der Waals surface area contributed by atoms with Gasteiger partial charge < -0.3 is 19.7 Å². The second kappa shape index (κ2) is 4.45. The highest BCUT2D eigenvalue weighted by Crippen LogP contribution is 2.10. The van der Waals surface area contributed by atoms with Crippen LogP contribution in [0.2, 0.25) is 0 Å². The van der Waals surface area contributed by atoms with Crippen molar-refractivity contribution in [1.82, 2.24) is 0 Å². The molecule has 0 spiro atoms. The van der Waals surface area contributed by atoms with Gasteiger partial charge in [0.25, 0.3) is 0 Å². The van der Waals surface area contributed by atoms with Crippen molar-refractivity contribution in [2.45, 2.75) is 6.04 Å². The van der Waals surface area contributed by atoms with E-state index in [1.807, 2.05) is 0 Å². The average molecular weight is 220 g/mol. The van der Waals surface area contributed by atoms with E-state index in [1.165, 1.54) is 26.4 Å². The summed E-state index contributed by atoms with van der Waals surface area (Å²) < 4.78 is 9.36. The Morgan fingerprint density at radius 1 is 1.57 bits per heavy atom. The van der Waals surface area contributed by atoms with Crippen molar-refractivity contribution in [3.05, 3.63) is 28.3 Å². The number of carbonyl (C=O) groups is 1. The van der Waals surface area contributed by atoms with Crippen LogP contribution in [0.3, 0.4) is 0 Å². The van der Waals surface area contributed by atoms with E-state index in [0.717, 1.165) is 0 Å². The highest BCUT2D eigenvalue weighted by atomic mass is 35.5. The smallest absolute Gasteiger partial charge is 0.373 e. The minimum Gasteiger partial charge on any atom is -0.627 e. The monoisotopic (exact) mass is 219 g/mol. The summed E-state index contributed by atoms with van der Waals surface area (Å²) in [6.07, 6.45) is 2.87. The Hall–Kier alpha value is -1.04. The first-order valence-corrected chi connectivity index (χ1v) is 4.23. The standard InChI is InChI=1S/C8H10ClNO4/c1-13-5-3-4-6(9)10(12)7(5)8(11)14-2/h3-4,7,10H,1-2H3. The maximum Gasteiger partial charge on any atom is 0.373 e. The molecule has 0 radical (unpaired) electrons. The molecule has 78 valence electrons. The molecule has 0 fully saturated rings. The number of hydroxylamine groups is 2. The molecule has 1 N–H and O–H groups in total. The summed E-state index contributed by atoms with van der Waals surface area (Å²) in [5.41, 5.74) is 0. The van der Waals surface area contributed by atoms with Gasteiger partial charge in [0, 0.05) is 6.08 Å². The van der Waals surface area contributed by atoms with Gasteiger partial charge in [-0.05, 0) is 17.7 Å². The highest BCUT2D eigenvalue weighted by molar-refractivity contribution is 6.28. The van der Waals surface area contributed by atoms with Crippen molar-refractivity contribution in [1.29, 1.82) is 0 Å². The van der Waals surface area contributed by atoms with Crippen LogP contribution in [-0.2, 0) is 14.3 Å². The molecule has 0 aliphatic carbocycles. The lowest BCUT2D eigenvalue weighted by atomic mass is 10.2. The Morgan fingerprint density at radius 3 is 2.71 bits per heavy atom. The molecule has 0 saturated heterocycles. The Bertz CT molecular complexity index is 300. The van der Waals surface area contributed by atoms with Crippen LogP contribution in [0.1, 0.15) is 0 Å². The Morgan fingerprint density at radius 2 is 2.21 bits per heavy atom. The van der Waals surface area contributed by atoms with Crippen molar-refractivity contribution >= 4 is 17.6 Å². The largest absolute Gasteiger partial charge is 0.627 e. The summed E-state index contributed by atoms with van der Waals surface area (Å²) in [7, 11) is 2.58. The van der Waals surface area contributed by atoms with Crippen LogP contribution in [0.4, 0.5) is 0 Å². The number of halogens is 1. The van der Waals surface area contributed by atoms with Crippen LogP contribution in [0, 0.1) is 5.21 Å². The van der Waals surface area contributed by atoms with Crippen molar-refractivity contribution in [3.63, 3.8) is 0 Å². The molecule has 0 aromatic heterocycles. The number of methoxy groups -OCH3 is 2. The third-order valence-electron chi connectivity index (χ3n) is 1.85. The maximum atomic E-state index is 11.5. The first kappa shape index (κ1) is 11.0. The fourth-order valence-corrected chi connectivity index (χ4v) is 1.30. The lowest BCUT2D eigenvalue weighted by Gasteiger charge is -2.30. The Kier molecular flexibility index (Phi) is 3.51. The molecule has 5 nitrogen and oxygen atoms in total. The van der Waals surface area contributed by atoms with Crippen LogP contribution in [0.25, 0.3) is 0 Å². The SMILES string of the molecule is COC(=O)C1C(OC)=CC=C(Cl)[NH+]1[O-]. The minimum atomic E-state index is -1.07. The van der Waals surface area contributed by atoms with Crippen molar-refractivity contribution in [3.8, 4) is 0 Å². The number of ether oxygens (including phenoxy) is 2. The summed E-state index contributed by atoms with van der Waals surface area (Å²) in [5, 5.41) is 11.0. The molecule has 0 aromatic carbocycles. The molecule has 0 aromatic rings. The zero-order chi connectivity index (χ0) is 10.7. The van der Waals surface area contributed by atoms with Crippen molar-refractivity contribution < 1.29 is 19.3 Å². The molecular formula is C8H10ClNO4. The van der Waals surface area contributed by atoms with Gasteiger partial charge in [0.15, 0.2) is 5.76 Å².